The lowest BCUT2D eigenvalue weighted by atomic mass is 10.4. The Kier molecular flexibility index (Phi) is 3.32. The smallest absolute Gasteiger partial charge is 0.231 e. The summed E-state index contributed by atoms with van der Waals surface area (Å²) in [4.78, 5) is 7.30. The highest BCUT2D eigenvalue weighted by atomic mass is 32.2. The van der Waals surface area contributed by atoms with Crippen LogP contribution in [0.1, 0.15) is 30.4 Å². The number of alkyl halides is 3. The Labute approximate surface area is 115 Å². The number of hydrogen-bond donors (Lipinski definition) is 0. The van der Waals surface area contributed by atoms with Gasteiger partial charge in [0.1, 0.15) is 5.69 Å². The Hall–Kier alpha value is -1.71. The van der Waals surface area contributed by atoms with Gasteiger partial charge in [-0.3, -0.25) is 0 Å². The predicted molar refractivity (Wildman–Crippen MR) is 62.7 cm³/mol. The molecule has 3 rings (SSSR count). The molecule has 2 heterocycles. The third kappa shape index (κ3) is 2.89. The number of aromatic nitrogens is 6. The number of halogens is 3. The van der Waals surface area contributed by atoms with E-state index in [2.05, 4.69) is 25.5 Å². The van der Waals surface area contributed by atoms with Gasteiger partial charge in [-0.1, -0.05) is 11.8 Å². The molecule has 0 aromatic carbocycles. The molecule has 1 fully saturated rings. The first-order valence-corrected chi connectivity index (χ1v) is 6.82. The molecule has 0 N–H and O–H groups in total. The first-order chi connectivity index (χ1) is 9.54. The summed E-state index contributed by atoms with van der Waals surface area (Å²) in [5.74, 6) is 0.962. The van der Waals surface area contributed by atoms with Crippen molar-refractivity contribution in [2.75, 3.05) is 0 Å². The van der Waals surface area contributed by atoms with E-state index in [4.69, 9.17) is 0 Å². The Morgan fingerprint density at radius 1 is 1.35 bits per heavy atom. The fourth-order valence-corrected chi connectivity index (χ4v) is 2.35. The van der Waals surface area contributed by atoms with Crippen molar-refractivity contribution >= 4 is 11.8 Å². The van der Waals surface area contributed by atoms with Crippen LogP contribution in [0.5, 0.6) is 0 Å². The zero-order valence-electron chi connectivity index (χ0n) is 10.1. The quantitative estimate of drug-likeness (QED) is 0.636. The molecule has 106 valence electrons. The van der Waals surface area contributed by atoms with Crippen molar-refractivity contribution in [3.63, 3.8) is 0 Å². The standard InChI is InChI=1S/C10H9F3N6S/c11-10(12,13)7-3-4-14-9(15-7)20-5-8-16-17-18-19(8)6-1-2-6/h3-4,6H,1-2,5H2. The van der Waals surface area contributed by atoms with E-state index < -0.39 is 11.9 Å². The summed E-state index contributed by atoms with van der Waals surface area (Å²) in [5, 5.41) is 11.4. The molecule has 0 radical (unpaired) electrons. The molecular formula is C10H9F3N6S. The number of rotatable bonds is 4. The highest BCUT2D eigenvalue weighted by molar-refractivity contribution is 7.98. The van der Waals surface area contributed by atoms with E-state index in [0.29, 0.717) is 17.6 Å². The molecule has 0 unspecified atom stereocenters. The van der Waals surface area contributed by atoms with Gasteiger partial charge >= 0.3 is 6.18 Å². The van der Waals surface area contributed by atoms with Crippen LogP contribution in [0, 0.1) is 0 Å². The van der Waals surface area contributed by atoms with Crippen LogP contribution >= 0.6 is 11.8 Å². The zero-order valence-corrected chi connectivity index (χ0v) is 10.9. The summed E-state index contributed by atoms with van der Waals surface area (Å²) in [6, 6.07) is 1.17. The van der Waals surface area contributed by atoms with Crippen LogP contribution in [0.4, 0.5) is 13.2 Å². The van der Waals surface area contributed by atoms with Gasteiger partial charge < -0.3 is 0 Å². The molecule has 20 heavy (non-hydrogen) atoms. The molecule has 0 bridgehead atoms. The van der Waals surface area contributed by atoms with Crippen LogP contribution < -0.4 is 0 Å². The van der Waals surface area contributed by atoms with Gasteiger partial charge in [-0.05, 0) is 29.3 Å². The van der Waals surface area contributed by atoms with Crippen molar-refractivity contribution in [3.05, 3.63) is 23.8 Å². The molecule has 0 atom stereocenters. The Balaban J connectivity index is 1.70. The Bertz CT molecular complexity index is 609. The monoisotopic (exact) mass is 302 g/mol. The lowest BCUT2D eigenvalue weighted by molar-refractivity contribution is -0.141. The lowest BCUT2D eigenvalue weighted by Gasteiger charge is -2.06. The topological polar surface area (TPSA) is 69.4 Å². The highest BCUT2D eigenvalue weighted by Gasteiger charge is 2.33. The average Bonchev–Trinajstić information content (AvgIpc) is 3.15. The molecule has 1 saturated carbocycles. The Morgan fingerprint density at radius 3 is 2.85 bits per heavy atom. The van der Waals surface area contributed by atoms with Crippen molar-refractivity contribution < 1.29 is 13.2 Å². The van der Waals surface area contributed by atoms with Crippen LogP contribution in [-0.2, 0) is 11.9 Å². The van der Waals surface area contributed by atoms with Crippen molar-refractivity contribution in [3.8, 4) is 0 Å². The molecule has 2 aromatic heterocycles. The summed E-state index contributed by atoms with van der Waals surface area (Å²) in [5.41, 5.74) is -0.947. The van der Waals surface area contributed by atoms with E-state index in [1.54, 1.807) is 4.68 Å². The first-order valence-electron chi connectivity index (χ1n) is 5.84. The van der Waals surface area contributed by atoms with E-state index in [0.717, 1.165) is 36.9 Å². The summed E-state index contributed by atoms with van der Waals surface area (Å²) >= 11 is 1.08. The second kappa shape index (κ2) is 5.00. The average molecular weight is 302 g/mol. The third-order valence-electron chi connectivity index (χ3n) is 2.71. The van der Waals surface area contributed by atoms with E-state index in [-0.39, 0.29) is 5.16 Å². The predicted octanol–water partition coefficient (Wildman–Crippen LogP) is 2.11. The maximum absolute atomic E-state index is 12.5. The van der Waals surface area contributed by atoms with Crippen molar-refractivity contribution in [1.82, 2.24) is 30.2 Å². The van der Waals surface area contributed by atoms with E-state index in [1.807, 2.05) is 0 Å². The minimum absolute atomic E-state index is 0.0603. The van der Waals surface area contributed by atoms with Gasteiger partial charge in [0, 0.05) is 6.20 Å². The molecule has 1 aliphatic carbocycles. The second-order valence-corrected chi connectivity index (χ2v) is 5.22. The maximum atomic E-state index is 12.5. The number of hydrogen-bond acceptors (Lipinski definition) is 6. The van der Waals surface area contributed by atoms with E-state index in [9.17, 15) is 13.2 Å². The van der Waals surface area contributed by atoms with Crippen LogP contribution in [0.2, 0.25) is 0 Å². The lowest BCUT2D eigenvalue weighted by Crippen LogP contribution is -2.09. The molecule has 0 aliphatic heterocycles. The second-order valence-electron chi connectivity index (χ2n) is 4.28. The molecule has 1 aliphatic rings. The molecule has 10 heteroatoms. The van der Waals surface area contributed by atoms with Gasteiger partial charge in [-0.25, -0.2) is 14.6 Å². The summed E-state index contributed by atoms with van der Waals surface area (Å²) < 4.78 is 39.3. The van der Waals surface area contributed by atoms with Gasteiger partial charge in [0.2, 0.25) is 0 Å². The fourth-order valence-electron chi connectivity index (χ4n) is 1.61. The molecule has 2 aromatic rings. The van der Waals surface area contributed by atoms with Gasteiger partial charge in [-0.2, -0.15) is 13.2 Å². The number of tetrazole rings is 1. The molecule has 0 spiro atoms. The largest absolute Gasteiger partial charge is 0.433 e. The first kappa shape index (κ1) is 13.3. The van der Waals surface area contributed by atoms with Gasteiger partial charge in [-0.15, -0.1) is 5.10 Å². The molecule has 6 nitrogen and oxygen atoms in total. The minimum Gasteiger partial charge on any atom is -0.231 e. The zero-order chi connectivity index (χ0) is 14.2. The number of thioether (sulfide) groups is 1. The van der Waals surface area contributed by atoms with E-state index in [1.165, 1.54) is 0 Å². The fraction of sp³-hybridized carbons (Fsp3) is 0.500. The third-order valence-corrected chi connectivity index (χ3v) is 3.57. The molecule has 0 saturated heterocycles. The van der Waals surface area contributed by atoms with E-state index >= 15 is 0 Å². The van der Waals surface area contributed by atoms with Gasteiger partial charge in [0.05, 0.1) is 11.8 Å². The maximum Gasteiger partial charge on any atom is 0.433 e. The summed E-state index contributed by atoms with van der Waals surface area (Å²) in [6.45, 7) is 0. The number of nitrogens with zero attached hydrogens (tertiary/aromatic N) is 6. The van der Waals surface area contributed by atoms with Crippen LogP contribution in [0.3, 0.4) is 0 Å². The van der Waals surface area contributed by atoms with Crippen LogP contribution in [0.15, 0.2) is 17.4 Å². The van der Waals surface area contributed by atoms with Crippen LogP contribution in [-0.4, -0.2) is 30.2 Å². The normalized spacial score (nSPS) is 15.6. The van der Waals surface area contributed by atoms with Crippen LogP contribution in [0.25, 0.3) is 0 Å². The minimum atomic E-state index is -4.46. The van der Waals surface area contributed by atoms with Gasteiger partial charge in [0.25, 0.3) is 0 Å². The van der Waals surface area contributed by atoms with Crippen molar-refractivity contribution in [1.29, 1.82) is 0 Å². The molecular weight excluding hydrogens is 293 g/mol. The Morgan fingerprint density at radius 2 is 2.15 bits per heavy atom. The SMILES string of the molecule is FC(F)(F)c1ccnc(SCc2nnnn2C2CC2)n1. The summed E-state index contributed by atoms with van der Waals surface area (Å²) in [7, 11) is 0. The summed E-state index contributed by atoms with van der Waals surface area (Å²) in [6.07, 6.45) is -1.30. The van der Waals surface area contributed by atoms with Gasteiger partial charge in [0.15, 0.2) is 11.0 Å². The van der Waals surface area contributed by atoms with Crippen molar-refractivity contribution in [2.24, 2.45) is 0 Å². The highest BCUT2D eigenvalue weighted by Crippen LogP contribution is 2.35. The van der Waals surface area contributed by atoms with Crippen molar-refractivity contribution in [2.45, 2.75) is 36.0 Å². The molecule has 0 amide bonds.